The van der Waals surface area contributed by atoms with E-state index < -0.39 is 5.60 Å². The van der Waals surface area contributed by atoms with Crippen molar-refractivity contribution < 1.29 is 5.11 Å². The van der Waals surface area contributed by atoms with E-state index in [4.69, 9.17) is 11.6 Å². The number of rotatable bonds is 4. The summed E-state index contributed by atoms with van der Waals surface area (Å²) >= 11 is 6.11. The van der Waals surface area contributed by atoms with Crippen LogP contribution < -0.4 is 0 Å². The molecule has 1 aliphatic heterocycles. The molecule has 1 N–H and O–H groups in total. The van der Waals surface area contributed by atoms with Gasteiger partial charge in [-0.25, -0.2) is 0 Å². The molecule has 0 fully saturated rings. The van der Waals surface area contributed by atoms with Crippen LogP contribution in [-0.4, -0.2) is 24.9 Å². The summed E-state index contributed by atoms with van der Waals surface area (Å²) in [5, 5.41) is 21.5. The molecule has 30 heavy (non-hydrogen) atoms. The Balaban J connectivity index is 1.54. The van der Waals surface area contributed by atoms with Gasteiger partial charge in [0.05, 0.1) is 5.02 Å². The molecular formula is C24H21ClN4O. The predicted molar refractivity (Wildman–Crippen MR) is 116 cm³/mol. The molecule has 4 aromatic rings. The summed E-state index contributed by atoms with van der Waals surface area (Å²) in [7, 11) is 0. The zero-order chi connectivity index (χ0) is 20.6. The number of benzene rings is 2. The summed E-state index contributed by atoms with van der Waals surface area (Å²) in [5.41, 5.74) is 1.54. The first-order valence-corrected chi connectivity index (χ1v) is 10.4. The second-order valence-electron chi connectivity index (χ2n) is 7.67. The molecule has 0 radical (unpaired) electrons. The fourth-order valence-electron chi connectivity index (χ4n) is 4.46. The number of fused-ring (bicyclic) bond motifs is 1. The molecule has 0 aliphatic carbocycles. The van der Waals surface area contributed by atoms with Gasteiger partial charge in [0.15, 0.2) is 5.82 Å². The molecule has 6 heteroatoms. The second kappa shape index (κ2) is 7.67. The number of pyridine rings is 1. The molecule has 1 unspecified atom stereocenters. The van der Waals surface area contributed by atoms with Crippen molar-refractivity contribution in [3.05, 3.63) is 101 Å². The van der Waals surface area contributed by atoms with E-state index >= 15 is 0 Å². The van der Waals surface area contributed by atoms with Crippen molar-refractivity contribution in [3.63, 3.8) is 0 Å². The molecule has 0 spiro atoms. The fourth-order valence-corrected chi connectivity index (χ4v) is 4.63. The number of nitrogens with zero attached hydrogens (tertiary/aromatic N) is 4. The molecule has 1 atom stereocenters. The fraction of sp³-hybridized carbons (Fsp3) is 0.208. The van der Waals surface area contributed by atoms with Crippen LogP contribution in [0.15, 0.2) is 79.1 Å². The predicted octanol–water partition coefficient (Wildman–Crippen LogP) is 4.49. The molecule has 3 heterocycles. The monoisotopic (exact) mass is 416 g/mol. The first-order valence-electron chi connectivity index (χ1n) is 10.0. The first-order chi connectivity index (χ1) is 14.7. The van der Waals surface area contributed by atoms with Gasteiger partial charge in [0, 0.05) is 36.8 Å². The SMILES string of the molecule is OC(c1ccccc1)(c1ccccc1)C1CCn2c(nnc2-c2cncc(Cl)c2)C1. The van der Waals surface area contributed by atoms with Gasteiger partial charge in [0.25, 0.3) is 0 Å². The third kappa shape index (κ3) is 3.20. The topological polar surface area (TPSA) is 63.8 Å². The Kier molecular flexibility index (Phi) is 4.85. The van der Waals surface area contributed by atoms with E-state index in [2.05, 4.69) is 19.7 Å². The van der Waals surface area contributed by atoms with Crippen LogP contribution in [0.3, 0.4) is 0 Å². The van der Waals surface area contributed by atoms with E-state index in [-0.39, 0.29) is 5.92 Å². The van der Waals surface area contributed by atoms with Crippen LogP contribution in [0.2, 0.25) is 5.02 Å². The van der Waals surface area contributed by atoms with Crippen molar-refractivity contribution in [2.45, 2.75) is 25.0 Å². The summed E-state index contributed by atoms with van der Waals surface area (Å²) in [6, 6.07) is 21.7. The molecule has 2 aromatic heterocycles. The first kappa shape index (κ1) is 19.0. The molecule has 0 saturated carbocycles. The van der Waals surface area contributed by atoms with Crippen LogP contribution in [0.25, 0.3) is 11.4 Å². The lowest BCUT2D eigenvalue weighted by Crippen LogP contribution is -2.40. The van der Waals surface area contributed by atoms with Crippen LogP contribution in [0.5, 0.6) is 0 Å². The molecule has 5 rings (SSSR count). The van der Waals surface area contributed by atoms with E-state index in [1.54, 1.807) is 12.4 Å². The van der Waals surface area contributed by atoms with Crippen molar-refractivity contribution in [1.82, 2.24) is 19.7 Å². The van der Waals surface area contributed by atoms with Crippen molar-refractivity contribution in [2.24, 2.45) is 5.92 Å². The Hall–Kier alpha value is -3.02. The summed E-state index contributed by atoms with van der Waals surface area (Å²) in [6.07, 6.45) is 4.78. The average molecular weight is 417 g/mol. The van der Waals surface area contributed by atoms with E-state index in [0.717, 1.165) is 41.3 Å². The minimum Gasteiger partial charge on any atom is -0.380 e. The summed E-state index contributed by atoms with van der Waals surface area (Å²) < 4.78 is 2.11. The summed E-state index contributed by atoms with van der Waals surface area (Å²) in [4.78, 5) is 4.17. The molecule has 0 bridgehead atoms. The second-order valence-corrected chi connectivity index (χ2v) is 8.11. The zero-order valence-electron chi connectivity index (χ0n) is 16.3. The molecule has 0 saturated heterocycles. The minimum absolute atomic E-state index is 0.0238. The van der Waals surface area contributed by atoms with Gasteiger partial charge >= 0.3 is 0 Å². The van der Waals surface area contributed by atoms with Crippen LogP contribution >= 0.6 is 11.6 Å². The van der Waals surface area contributed by atoms with Crippen molar-refractivity contribution in [3.8, 4) is 11.4 Å². The van der Waals surface area contributed by atoms with Gasteiger partial charge < -0.3 is 9.67 Å². The highest BCUT2D eigenvalue weighted by Crippen LogP contribution is 2.42. The third-order valence-corrected chi connectivity index (χ3v) is 6.15. The largest absolute Gasteiger partial charge is 0.380 e. The molecule has 1 aliphatic rings. The normalized spacial score (nSPS) is 16.3. The molecule has 150 valence electrons. The molecule has 0 amide bonds. The lowest BCUT2D eigenvalue weighted by atomic mass is 9.72. The Morgan fingerprint density at radius 2 is 1.60 bits per heavy atom. The van der Waals surface area contributed by atoms with Gasteiger partial charge in [-0.1, -0.05) is 72.3 Å². The van der Waals surface area contributed by atoms with Crippen molar-refractivity contribution in [1.29, 1.82) is 0 Å². The highest BCUT2D eigenvalue weighted by atomic mass is 35.5. The highest BCUT2D eigenvalue weighted by molar-refractivity contribution is 6.30. The van der Waals surface area contributed by atoms with Crippen LogP contribution in [0.4, 0.5) is 0 Å². The Morgan fingerprint density at radius 3 is 2.23 bits per heavy atom. The van der Waals surface area contributed by atoms with Crippen molar-refractivity contribution in [2.75, 3.05) is 0 Å². The summed E-state index contributed by atoms with van der Waals surface area (Å²) in [6.45, 7) is 0.719. The highest BCUT2D eigenvalue weighted by Gasteiger charge is 2.42. The van der Waals surface area contributed by atoms with Crippen LogP contribution in [-0.2, 0) is 18.6 Å². The smallest absolute Gasteiger partial charge is 0.165 e. The van der Waals surface area contributed by atoms with E-state index in [9.17, 15) is 5.11 Å². The maximum atomic E-state index is 12.1. The van der Waals surface area contributed by atoms with Crippen LogP contribution in [0, 0.1) is 5.92 Å². The Morgan fingerprint density at radius 1 is 0.933 bits per heavy atom. The Bertz CT molecular complexity index is 1120. The van der Waals surface area contributed by atoms with Gasteiger partial charge in [-0.3, -0.25) is 4.98 Å². The third-order valence-electron chi connectivity index (χ3n) is 5.94. The van der Waals surface area contributed by atoms with Gasteiger partial charge in [-0.05, 0) is 23.6 Å². The average Bonchev–Trinajstić information content (AvgIpc) is 3.23. The number of hydrogen-bond donors (Lipinski definition) is 1. The van der Waals surface area contributed by atoms with E-state index in [1.165, 1.54) is 0 Å². The van der Waals surface area contributed by atoms with Gasteiger partial charge in [-0.15, -0.1) is 10.2 Å². The zero-order valence-corrected chi connectivity index (χ0v) is 17.1. The quantitative estimate of drug-likeness (QED) is 0.532. The number of halogens is 1. The van der Waals surface area contributed by atoms with Crippen molar-refractivity contribution >= 4 is 11.6 Å². The molecular weight excluding hydrogens is 396 g/mol. The maximum absolute atomic E-state index is 12.1. The number of hydrogen-bond acceptors (Lipinski definition) is 4. The summed E-state index contributed by atoms with van der Waals surface area (Å²) in [5.74, 6) is 1.61. The standard InChI is InChI=1S/C24H21ClN4O/c25-21-13-17(15-26-16-21)23-28-27-22-14-20(11-12-29(22)23)24(30,18-7-3-1-4-8-18)19-9-5-2-6-10-19/h1-10,13,15-16,20,30H,11-12,14H2. The Labute approximate surface area is 180 Å². The van der Waals surface area contributed by atoms with Gasteiger partial charge in [0.2, 0.25) is 0 Å². The van der Waals surface area contributed by atoms with Gasteiger partial charge in [0.1, 0.15) is 11.4 Å². The molecule has 2 aromatic carbocycles. The molecule has 5 nitrogen and oxygen atoms in total. The van der Waals surface area contributed by atoms with E-state index in [0.29, 0.717) is 11.4 Å². The minimum atomic E-state index is -1.10. The van der Waals surface area contributed by atoms with Crippen LogP contribution in [0.1, 0.15) is 23.4 Å². The van der Waals surface area contributed by atoms with E-state index in [1.807, 2.05) is 66.7 Å². The maximum Gasteiger partial charge on any atom is 0.165 e. The lowest BCUT2D eigenvalue weighted by molar-refractivity contribution is 0.00417. The lowest BCUT2D eigenvalue weighted by Gasteiger charge is -2.39. The number of aliphatic hydroxyl groups is 1. The van der Waals surface area contributed by atoms with Gasteiger partial charge in [-0.2, -0.15) is 0 Å². The number of aromatic nitrogens is 4.